The van der Waals surface area contributed by atoms with Crippen LogP contribution in [0.25, 0.3) is 16.6 Å². The average Bonchev–Trinajstić information content (AvgIpc) is 3.47. The minimum atomic E-state index is -0.0341. The molecule has 4 heterocycles. The first-order chi connectivity index (χ1) is 16.0. The number of fused-ring (bicyclic) bond motifs is 1. The molecule has 2 aromatic heterocycles. The smallest absolute Gasteiger partial charge is 0.317 e. The number of halogens is 1. The third-order valence-corrected chi connectivity index (χ3v) is 6.68. The highest BCUT2D eigenvalue weighted by Gasteiger charge is 2.26. The molecular formula is C23H28ClN7O2. The van der Waals surface area contributed by atoms with Gasteiger partial charge in [-0.25, -0.2) is 9.48 Å². The second-order valence-electron chi connectivity index (χ2n) is 8.60. The van der Waals surface area contributed by atoms with Crippen molar-refractivity contribution in [2.45, 2.75) is 32.8 Å². The van der Waals surface area contributed by atoms with Crippen LogP contribution in [0.4, 0.5) is 10.6 Å². The molecule has 0 spiro atoms. The molecule has 9 nitrogen and oxygen atoms in total. The summed E-state index contributed by atoms with van der Waals surface area (Å²) in [5, 5.41) is 18.5. The number of anilines is 1. The van der Waals surface area contributed by atoms with Crippen LogP contribution < -0.4 is 10.2 Å². The molecule has 1 unspecified atom stereocenters. The number of benzene rings is 1. The Labute approximate surface area is 197 Å². The molecule has 174 valence electrons. The average molecular weight is 470 g/mol. The van der Waals surface area contributed by atoms with E-state index in [9.17, 15) is 4.79 Å². The predicted octanol–water partition coefficient (Wildman–Crippen LogP) is 3.10. The van der Waals surface area contributed by atoms with Crippen LogP contribution in [0, 0.1) is 13.8 Å². The van der Waals surface area contributed by atoms with Gasteiger partial charge in [0.15, 0.2) is 5.82 Å². The fourth-order valence-corrected chi connectivity index (χ4v) is 4.72. The van der Waals surface area contributed by atoms with Crippen LogP contribution in [-0.2, 0) is 4.74 Å². The Balaban J connectivity index is 1.33. The largest absolute Gasteiger partial charge is 0.376 e. The van der Waals surface area contributed by atoms with Crippen molar-refractivity contribution in [1.29, 1.82) is 0 Å². The summed E-state index contributed by atoms with van der Waals surface area (Å²) in [5.41, 5.74) is 3.61. The lowest BCUT2D eigenvalue weighted by molar-refractivity contribution is 0.108. The van der Waals surface area contributed by atoms with Gasteiger partial charge in [0, 0.05) is 44.4 Å². The van der Waals surface area contributed by atoms with Gasteiger partial charge in [0.25, 0.3) is 0 Å². The van der Waals surface area contributed by atoms with Crippen molar-refractivity contribution < 1.29 is 9.53 Å². The van der Waals surface area contributed by atoms with Gasteiger partial charge >= 0.3 is 6.03 Å². The highest BCUT2D eigenvalue weighted by molar-refractivity contribution is 6.30. The van der Waals surface area contributed by atoms with E-state index in [-0.39, 0.29) is 12.1 Å². The Hall–Kier alpha value is -2.91. The van der Waals surface area contributed by atoms with Crippen molar-refractivity contribution in [2.75, 3.05) is 44.2 Å². The highest BCUT2D eigenvalue weighted by atomic mass is 35.5. The molecule has 0 aliphatic carbocycles. The van der Waals surface area contributed by atoms with Crippen LogP contribution in [0.15, 0.2) is 24.3 Å². The molecule has 2 aliphatic heterocycles. The van der Waals surface area contributed by atoms with E-state index in [2.05, 4.69) is 20.4 Å². The molecule has 33 heavy (non-hydrogen) atoms. The Bertz CT molecular complexity index is 1150. The molecule has 2 amide bonds. The van der Waals surface area contributed by atoms with Crippen molar-refractivity contribution in [3.63, 3.8) is 0 Å². The molecule has 1 aromatic carbocycles. The van der Waals surface area contributed by atoms with Gasteiger partial charge in [-0.1, -0.05) is 11.6 Å². The van der Waals surface area contributed by atoms with E-state index < -0.39 is 0 Å². The van der Waals surface area contributed by atoms with E-state index >= 15 is 0 Å². The normalized spacial score (nSPS) is 18.8. The van der Waals surface area contributed by atoms with E-state index in [0.717, 1.165) is 53.2 Å². The lowest BCUT2D eigenvalue weighted by Gasteiger charge is -2.35. The molecule has 5 rings (SSSR count). The highest BCUT2D eigenvalue weighted by Crippen LogP contribution is 2.30. The Kier molecular flexibility index (Phi) is 6.07. The Morgan fingerprint density at radius 3 is 2.61 bits per heavy atom. The topological polar surface area (TPSA) is 88.4 Å². The van der Waals surface area contributed by atoms with Gasteiger partial charge < -0.3 is 19.9 Å². The standard InChI is InChI=1S/C23H28ClN7O2/c1-15-20-16(2)31(18-7-5-17(24)6-8-18)28-21(20)22(27-26-15)29-9-11-30(12-10-29)23(32)25-14-19-4-3-13-33-19/h5-8,19H,3-4,9-14H2,1-2H3,(H,25,32). The number of piperazine rings is 1. The summed E-state index contributed by atoms with van der Waals surface area (Å²) < 4.78 is 7.51. The summed E-state index contributed by atoms with van der Waals surface area (Å²) in [5.74, 6) is 0.755. The third-order valence-electron chi connectivity index (χ3n) is 6.43. The molecule has 0 radical (unpaired) electrons. The minimum absolute atomic E-state index is 0.0341. The molecule has 3 aromatic rings. The maximum absolute atomic E-state index is 12.6. The molecule has 2 fully saturated rings. The lowest BCUT2D eigenvalue weighted by Crippen LogP contribution is -2.53. The van der Waals surface area contributed by atoms with Crippen LogP contribution in [0.1, 0.15) is 24.2 Å². The molecule has 1 atom stereocenters. The molecule has 2 aliphatic rings. The van der Waals surface area contributed by atoms with Crippen LogP contribution >= 0.6 is 11.6 Å². The minimum Gasteiger partial charge on any atom is -0.376 e. The number of hydrogen-bond donors (Lipinski definition) is 1. The van der Waals surface area contributed by atoms with Gasteiger partial charge in [-0.15, -0.1) is 5.10 Å². The summed E-state index contributed by atoms with van der Waals surface area (Å²) in [6.45, 7) is 7.94. The van der Waals surface area contributed by atoms with Gasteiger partial charge in [-0.3, -0.25) is 0 Å². The molecule has 10 heteroatoms. The number of nitrogens with one attached hydrogen (secondary N) is 1. The zero-order valence-corrected chi connectivity index (χ0v) is 19.7. The fourth-order valence-electron chi connectivity index (χ4n) is 4.60. The fraction of sp³-hybridized carbons (Fsp3) is 0.478. The first-order valence-electron chi connectivity index (χ1n) is 11.4. The third kappa shape index (κ3) is 4.35. The number of aryl methyl sites for hydroxylation is 2. The maximum Gasteiger partial charge on any atom is 0.317 e. The summed E-state index contributed by atoms with van der Waals surface area (Å²) in [6.07, 6.45) is 2.22. The molecule has 0 saturated carbocycles. The van der Waals surface area contributed by atoms with Gasteiger partial charge in [-0.2, -0.15) is 10.2 Å². The number of amides is 2. The quantitative estimate of drug-likeness (QED) is 0.631. The monoisotopic (exact) mass is 469 g/mol. The van der Waals surface area contributed by atoms with Gasteiger partial charge in [0.05, 0.1) is 28.6 Å². The number of rotatable bonds is 4. The van der Waals surface area contributed by atoms with Crippen molar-refractivity contribution in [3.8, 4) is 5.69 Å². The van der Waals surface area contributed by atoms with E-state index in [1.54, 1.807) is 0 Å². The van der Waals surface area contributed by atoms with Gasteiger partial charge in [0.1, 0.15) is 5.52 Å². The Morgan fingerprint density at radius 1 is 1.15 bits per heavy atom. The Morgan fingerprint density at radius 2 is 1.91 bits per heavy atom. The van der Waals surface area contributed by atoms with Crippen LogP contribution in [0.2, 0.25) is 5.02 Å². The number of carbonyl (C=O) groups excluding carboxylic acids is 1. The number of carbonyl (C=O) groups is 1. The van der Waals surface area contributed by atoms with Crippen LogP contribution in [0.5, 0.6) is 0 Å². The number of nitrogens with zero attached hydrogens (tertiary/aromatic N) is 6. The molecule has 0 bridgehead atoms. The number of hydrogen-bond acceptors (Lipinski definition) is 6. The van der Waals surface area contributed by atoms with Gasteiger partial charge in [0.2, 0.25) is 0 Å². The second-order valence-corrected chi connectivity index (χ2v) is 9.04. The van der Waals surface area contributed by atoms with Crippen molar-refractivity contribution in [1.82, 2.24) is 30.2 Å². The van der Waals surface area contributed by atoms with Gasteiger partial charge in [-0.05, 0) is 51.0 Å². The van der Waals surface area contributed by atoms with Crippen molar-refractivity contribution >= 4 is 34.4 Å². The van der Waals surface area contributed by atoms with E-state index in [4.69, 9.17) is 21.4 Å². The van der Waals surface area contributed by atoms with Crippen molar-refractivity contribution in [3.05, 3.63) is 40.7 Å². The number of urea groups is 1. The summed E-state index contributed by atoms with van der Waals surface area (Å²) in [6, 6.07) is 7.58. The number of ether oxygens (including phenoxy) is 1. The zero-order valence-electron chi connectivity index (χ0n) is 18.9. The number of aromatic nitrogens is 4. The SMILES string of the molecule is Cc1nnc(N2CCN(C(=O)NCC3CCCO3)CC2)c2nn(-c3ccc(Cl)cc3)c(C)c12. The van der Waals surface area contributed by atoms with E-state index in [1.807, 2.05) is 47.7 Å². The molecular weight excluding hydrogens is 442 g/mol. The van der Waals surface area contributed by atoms with Crippen LogP contribution in [-0.4, -0.2) is 76.3 Å². The maximum atomic E-state index is 12.6. The first kappa shape index (κ1) is 21.9. The lowest BCUT2D eigenvalue weighted by atomic mass is 10.2. The van der Waals surface area contributed by atoms with Crippen LogP contribution in [0.3, 0.4) is 0 Å². The summed E-state index contributed by atoms with van der Waals surface area (Å²) >= 11 is 6.06. The van der Waals surface area contributed by atoms with E-state index in [1.165, 1.54) is 0 Å². The predicted molar refractivity (Wildman–Crippen MR) is 127 cm³/mol. The zero-order chi connectivity index (χ0) is 22.9. The molecule has 2 saturated heterocycles. The molecule has 1 N–H and O–H groups in total. The van der Waals surface area contributed by atoms with E-state index in [0.29, 0.717) is 37.7 Å². The summed E-state index contributed by atoms with van der Waals surface area (Å²) in [4.78, 5) is 16.6. The van der Waals surface area contributed by atoms with Crippen molar-refractivity contribution in [2.24, 2.45) is 0 Å². The summed E-state index contributed by atoms with van der Waals surface area (Å²) in [7, 11) is 0. The second kappa shape index (κ2) is 9.15. The first-order valence-corrected chi connectivity index (χ1v) is 11.8.